The second kappa shape index (κ2) is 8.73. The molecule has 2 heterocycles. The Bertz CT molecular complexity index is 1030. The minimum atomic E-state index is -0.857. The molecule has 1 aromatic heterocycles. The SMILES string of the molecule is O=C(Nc1cc(N2CCN(c3ccccc3)CC2)ncn1)Nc1ccc(F)cc1F. The lowest BCUT2D eigenvalue weighted by Crippen LogP contribution is -2.46. The van der Waals surface area contributed by atoms with Crippen LogP contribution >= 0.6 is 0 Å². The second-order valence-electron chi connectivity index (χ2n) is 6.77. The van der Waals surface area contributed by atoms with Crippen molar-refractivity contribution in [2.75, 3.05) is 46.6 Å². The van der Waals surface area contributed by atoms with E-state index in [-0.39, 0.29) is 11.5 Å². The molecule has 1 aliphatic rings. The molecule has 0 radical (unpaired) electrons. The maximum Gasteiger partial charge on any atom is 0.324 e. The van der Waals surface area contributed by atoms with Crippen LogP contribution < -0.4 is 20.4 Å². The van der Waals surface area contributed by atoms with Gasteiger partial charge < -0.3 is 15.1 Å². The molecule has 30 heavy (non-hydrogen) atoms. The van der Waals surface area contributed by atoms with Crippen molar-refractivity contribution < 1.29 is 13.6 Å². The monoisotopic (exact) mass is 410 g/mol. The highest BCUT2D eigenvalue weighted by atomic mass is 19.1. The summed E-state index contributed by atoms with van der Waals surface area (Å²) in [5.74, 6) is -0.595. The average molecular weight is 410 g/mol. The van der Waals surface area contributed by atoms with Crippen LogP contribution in [0.15, 0.2) is 60.9 Å². The number of nitrogens with zero attached hydrogens (tertiary/aromatic N) is 4. The van der Waals surface area contributed by atoms with Gasteiger partial charge in [-0.3, -0.25) is 5.32 Å². The molecule has 0 atom stereocenters. The van der Waals surface area contributed by atoms with Crippen molar-refractivity contribution >= 4 is 29.0 Å². The molecule has 0 unspecified atom stereocenters. The highest BCUT2D eigenvalue weighted by Gasteiger charge is 2.19. The van der Waals surface area contributed by atoms with Crippen molar-refractivity contribution in [1.29, 1.82) is 0 Å². The predicted molar refractivity (Wildman–Crippen MR) is 112 cm³/mol. The number of carbonyl (C=O) groups is 1. The van der Waals surface area contributed by atoms with Crippen molar-refractivity contribution in [3.8, 4) is 0 Å². The van der Waals surface area contributed by atoms with Crippen LogP contribution in [0.5, 0.6) is 0 Å². The fourth-order valence-electron chi connectivity index (χ4n) is 3.28. The number of hydrogen-bond acceptors (Lipinski definition) is 5. The molecular formula is C21H20F2N6O. The van der Waals surface area contributed by atoms with E-state index in [1.807, 2.05) is 18.2 Å². The first-order valence-corrected chi connectivity index (χ1v) is 9.48. The van der Waals surface area contributed by atoms with Gasteiger partial charge in [0.2, 0.25) is 0 Å². The molecule has 2 amide bonds. The van der Waals surface area contributed by atoms with Crippen molar-refractivity contribution in [3.05, 3.63) is 72.6 Å². The Balaban J connectivity index is 1.36. The molecule has 2 N–H and O–H groups in total. The summed E-state index contributed by atoms with van der Waals surface area (Å²) in [5, 5.41) is 4.88. The van der Waals surface area contributed by atoms with Crippen molar-refractivity contribution in [2.24, 2.45) is 0 Å². The number of carbonyl (C=O) groups excluding carboxylic acids is 1. The Morgan fingerprint density at radius 2 is 1.60 bits per heavy atom. The Labute approximate surface area is 172 Å². The molecule has 0 saturated carbocycles. The summed E-state index contributed by atoms with van der Waals surface area (Å²) in [7, 11) is 0. The number of halogens is 2. The van der Waals surface area contributed by atoms with E-state index in [2.05, 4.69) is 42.5 Å². The van der Waals surface area contributed by atoms with E-state index in [0.717, 1.165) is 38.3 Å². The van der Waals surface area contributed by atoms with E-state index in [4.69, 9.17) is 0 Å². The van der Waals surface area contributed by atoms with Crippen LogP contribution in [0.25, 0.3) is 0 Å². The first-order valence-electron chi connectivity index (χ1n) is 9.48. The fraction of sp³-hybridized carbons (Fsp3) is 0.190. The normalized spacial score (nSPS) is 13.8. The molecule has 0 aliphatic carbocycles. The zero-order chi connectivity index (χ0) is 20.9. The quantitative estimate of drug-likeness (QED) is 0.686. The van der Waals surface area contributed by atoms with E-state index in [1.165, 1.54) is 12.0 Å². The zero-order valence-electron chi connectivity index (χ0n) is 16.1. The van der Waals surface area contributed by atoms with Gasteiger partial charge in [-0.05, 0) is 24.3 Å². The zero-order valence-corrected chi connectivity index (χ0v) is 16.1. The van der Waals surface area contributed by atoms with Crippen LogP contribution in [-0.4, -0.2) is 42.2 Å². The smallest absolute Gasteiger partial charge is 0.324 e. The Kier molecular flexibility index (Phi) is 5.69. The third-order valence-electron chi connectivity index (χ3n) is 4.80. The minimum Gasteiger partial charge on any atom is -0.368 e. The summed E-state index contributed by atoms with van der Waals surface area (Å²) in [6.45, 7) is 3.25. The maximum atomic E-state index is 13.7. The molecule has 154 valence electrons. The van der Waals surface area contributed by atoms with E-state index < -0.39 is 17.7 Å². The van der Waals surface area contributed by atoms with Crippen LogP contribution in [0.1, 0.15) is 0 Å². The number of piperazine rings is 1. The molecule has 0 spiro atoms. The molecule has 2 aromatic carbocycles. The van der Waals surface area contributed by atoms with Gasteiger partial charge in [0.1, 0.15) is 29.6 Å². The highest BCUT2D eigenvalue weighted by Crippen LogP contribution is 2.20. The summed E-state index contributed by atoms with van der Waals surface area (Å²) in [6, 6.07) is 14.1. The van der Waals surface area contributed by atoms with Gasteiger partial charge in [-0.15, -0.1) is 0 Å². The number of rotatable bonds is 4. The van der Waals surface area contributed by atoms with Crippen molar-refractivity contribution in [1.82, 2.24) is 9.97 Å². The number of benzene rings is 2. The Morgan fingerprint density at radius 1 is 0.867 bits per heavy atom. The van der Waals surface area contributed by atoms with Gasteiger partial charge in [-0.25, -0.2) is 23.5 Å². The fourth-order valence-corrected chi connectivity index (χ4v) is 3.28. The molecule has 3 aromatic rings. The van der Waals surface area contributed by atoms with E-state index in [1.54, 1.807) is 6.07 Å². The van der Waals surface area contributed by atoms with Crippen LogP contribution in [0.2, 0.25) is 0 Å². The van der Waals surface area contributed by atoms with E-state index in [0.29, 0.717) is 11.9 Å². The highest BCUT2D eigenvalue weighted by molar-refractivity contribution is 5.99. The Morgan fingerprint density at radius 3 is 2.33 bits per heavy atom. The van der Waals surface area contributed by atoms with Gasteiger partial charge in [-0.1, -0.05) is 18.2 Å². The number of nitrogens with one attached hydrogen (secondary N) is 2. The molecule has 9 heteroatoms. The van der Waals surface area contributed by atoms with Crippen LogP contribution in [0.4, 0.5) is 36.6 Å². The molecule has 1 aliphatic heterocycles. The predicted octanol–water partition coefficient (Wildman–Crippen LogP) is 3.73. The van der Waals surface area contributed by atoms with Gasteiger partial charge in [0.05, 0.1) is 5.69 Å². The molecule has 0 bridgehead atoms. The summed E-state index contributed by atoms with van der Waals surface area (Å²) in [4.78, 5) is 24.9. The first-order chi connectivity index (χ1) is 14.6. The lowest BCUT2D eigenvalue weighted by atomic mass is 10.2. The Hall–Kier alpha value is -3.75. The molecular weight excluding hydrogens is 390 g/mol. The summed E-state index contributed by atoms with van der Waals surface area (Å²) in [5.41, 5.74) is 1.06. The maximum absolute atomic E-state index is 13.7. The van der Waals surface area contributed by atoms with Crippen LogP contribution in [0.3, 0.4) is 0 Å². The summed E-state index contributed by atoms with van der Waals surface area (Å²) in [6.07, 6.45) is 1.37. The molecule has 1 fully saturated rings. The molecule has 7 nitrogen and oxygen atoms in total. The third kappa shape index (κ3) is 4.62. The second-order valence-corrected chi connectivity index (χ2v) is 6.77. The number of aromatic nitrogens is 2. The number of urea groups is 1. The minimum absolute atomic E-state index is 0.125. The average Bonchev–Trinajstić information content (AvgIpc) is 2.77. The summed E-state index contributed by atoms with van der Waals surface area (Å²) >= 11 is 0. The number of para-hydroxylation sites is 1. The third-order valence-corrected chi connectivity index (χ3v) is 4.80. The topological polar surface area (TPSA) is 73.4 Å². The van der Waals surface area contributed by atoms with Crippen molar-refractivity contribution in [3.63, 3.8) is 0 Å². The lowest BCUT2D eigenvalue weighted by molar-refractivity contribution is 0.262. The van der Waals surface area contributed by atoms with E-state index >= 15 is 0 Å². The van der Waals surface area contributed by atoms with Gasteiger partial charge in [-0.2, -0.15) is 0 Å². The van der Waals surface area contributed by atoms with E-state index in [9.17, 15) is 13.6 Å². The van der Waals surface area contributed by atoms with Gasteiger partial charge in [0.15, 0.2) is 0 Å². The van der Waals surface area contributed by atoms with Gasteiger partial charge in [0, 0.05) is 44.0 Å². The first kappa shape index (κ1) is 19.6. The van der Waals surface area contributed by atoms with Crippen LogP contribution in [0, 0.1) is 11.6 Å². The van der Waals surface area contributed by atoms with Crippen LogP contribution in [-0.2, 0) is 0 Å². The van der Waals surface area contributed by atoms with Gasteiger partial charge >= 0.3 is 6.03 Å². The number of anilines is 4. The molecule has 4 rings (SSSR count). The van der Waals surface area contributed by atoms with Gasteiger partial charge in [0.25, 0.3) is 0 Å². The largest absolute Gasteiger partial charge is 0.368 e. The lowest BCUT2D eigenvalue weighted by Gasteiger charge is -2.36. The standard InChI is InChI=1S/C21H20F2N6O/c22-15-6-7-18(17(23)12-15)26-21(30)27-19-13-20(25-14-24-19)29-10-8-28(9-11-29)16-4-2-1-3-5-16/h1-7,12-14H,8-11H2,(H2,24,25,26,27,30). The molecule has 1 saturated heterocycles. The number of amides is 2. The van der Waals surface area contributed by atoms with Crippen molar-refractivity contribution in [2.45, 2.75) is 0 Å². The number of hydrogen-bond donors (Lipinski definition) is 2. The summed E-state index contributed by atoms with van der Waals surface area (Å²) < 4.78 is 26.7.